The van der Waals surface area contributed by atoms with Gasteiger partial charge in [-0.15, -0.1) is 0 Å². The van der Waals surface area contributed by atoms with Gasteiger partial charge in [-0.2, -0.15) is 0 Å². The number of rotatable bonds is 4. The maximum absolute atomic E-state index is 13.4. The Labute approximate surface area is 116 Å². The van der Waals surface area contributed by atoms with Crippen LogP contribution in [0.5, 0.6) is 5.88 Å². The maximum atomic E-state index is 13.4. The first-order chi connectivity index (χ1) is 9.11. The molecule has 100 valence electrons. The van der Waals surface area contributed by atoms with E-state index in [4.69, 9.17) is 16.3 Å². The molecule has 1 heterocycles. The third-order valence-corrected chi connectivity index (χ3v) is 3.09. The molecule has 0 bridgehead atoms. The van der Waals surface area contributed by atoms with E-state index in [9.17, 15) is 4.39 Å². The average molecular weight is 281 g/mol. The van der Waals surface area contributed by atoms with Crippen LogP contribution in [0.3, 0.4) is 0 Å². The summed E-state index contributed by atoms with van der Waals surface area (Å²) in [5.41, 5.74) is 1.56. The molecule has 0 aliphatic rings. The van der Waals surface area contributed by atoms with Gasteiger partial charge in [0.25, 0.3) is 0 Å². The highest BCUT2D eigenvalue weighted by Gasteiger charge is 2.11. The van der Waals surface area contributed by atoms with Gasteiger partial charge in [-0.25, -0.2) is 9.37 Å². The molecule has 0 radical (unpaired) electrons. The van der Waals surface area contributed by atoms with Gasteiger partial charge in [-0.05, 0) is 36.8 Å². The lowest BCUT2D eigenvalue weighted by Gasteiger charge is -2.17. The predicted molar refractivity (Wildman–Crippen MR) is 74.2 cm³/mol. The number of ether oxygens (including phenoxy) is 1. The van der Waals surface area contributed by atoms with E-state index >= 15 is 0 Å². The Balaban J connectivity index is 2.20. The summed E-state index contributed by atoms with van der Waals surface area (Å²) < 4.78 is 18.6. The van der Waals surface area contributed by atoms with Crippen molar-refractivity contribution in [3.63, 3.8) is 0 Å². The van der Waals surface area contributed by atoms with E-state index in [0.29, 0.717) is 5.88 Å². The van der Waals surface area contributed by atoms with Crippen LogP contribution in [0.25, 0.3) is 0 Å². The van der Waals surface area contributed by atoms with Crippen molar-refractivity contribution >= 4 is 17.3 Å². The van der Waals surface area contributed by atoms with E-state index in [1.165, 1.54) is 6.07 Å². The lowest BCUT2D eigenvalue weighted by atomic mass is 10.1. The van der Waals surface area contributed by atoms with Crippen molar-refractivity contribution in [2.75, 3.05) is 12.4 Å². The molecule has 2 aromatic rings. The van der Waals surface area contributed by atoms with Crippen molar-refractivity contribution in [3.8, 4) is 5.88 Å². The maximum Gasteiger partial charge on any atom is 0.237 e. The van der Waals surface area contributed by atoms with Gasteiger partial charge in [-0.3, -0.25) is 0 Å². The van der Waals surface area contributed by atoms with Crippen LogP contribution < -0.4 is 10.1 Å². The van der Waals surface area contributed by atoms with Gasteiger partial charge in [0.05, 0.1) is 17.8 Å². The summed E-state index contributed by atoms with van der Waals surface area (Å²) >= 11 is 5.67. The molecule has 0 spiro atoms. The van der Waals surface area contributed by atoms with E-state index in [1.54, 1.807) is 31.5 Å². The third-order valence-electron chi connectivity index (χ3n) is 2.78. The van der Waals surface area contributed by atoms with Gasteiger partial charge in [0.15, 0.2) is 0 Å². The molecule has 3 nitrogen and oxygen atoms in total. The summed E-state index contributed by atoms with van der Waals surface area (Å²) in [4.78, 5) is 4.10. The number of pyridine rings is 1. The molecule has 1 atom stereocenters. The largest absolute Gasteiger partial charge is 0.480 e. The third kappa shape index (κ3) is 3.15. The zero-order valence-corrected chi connectivity index (χ0v) is 11.4. The number of benzene rings is 1. The topological polar surface area (TPSA) is 34.1 Å². The van der Waals surface area contributed by atoms with Gasteiger partial charge < -0.3 is 10.1 Å². The molecule has 1 aromatic heterocycles. The predicted octanol–water partition coefficient (Wildman–Crippen LogP) is 4.06. The Hall–Kier alpha value is -1.81. The van der Waals surface area contributed by atoms with Crippen molar-refractivity contribution < 1.29 is 9.13 Å². The molecule has 5 heteroatoms. The quantitative estimate of drug-likeness (QED) is 0.917. The zero-order chi connectivity index (χ0) is 13.8. The molecule has 0 aliphatic heterocycles. The van der Waals surface area contributed by atoms with Gasteiger partial charge in [0, 0.05) is 12.2 Å². The van der Waals surface area contributed by atoms with Crippen molar-refractivity contribution in [1.82, 2.24) is 4.98 Å². The van der Waals surface area contributed by atoms with Crippen molar-refractivity contribution in [2.24, 2.45) is 0 Å². The molecular weight excluding hydrogens is 267 g/mol. The Kier molecular flexibility index (Phi) is 4.22. The number of aromatic nitrogens is 1. The standard InChI is InChI=1S/C14H14ClFN2O/c1-9(10-5-6-11(15)12(16)8-10)18-13-4-3-7-17-14(13)19-2/h3-9,18H,1-2H3. The van der Waals surface area contributed by atoms with E-state index in [2.05, 4.69) is 10.3 Å². The van der Waals surface area contributed by atoms with Gasteiger partial charge in [0.2, 0.25) is 5.88 Å². The Bertz CT molecular complexity index is 577. The molecule has 0 amide bonds. The van der Waals surface area contributed by atoms with Gasteiger partial charge in [0.1, 0.15) is 5.82 Å². The minimum Gasteiger partial charge on any atom is -0.480 e. The van der Waals surface area contributed by atoms with E-state index in [-0.39, 0.29) is 11.1 Å². The SMILES string of the molecule is COc1ncccc1NC(C)c1ccc(Cl)c(F)c1. The van der Waals surface area contributed by atoms with Crippen LogP contribution in [0.4, 0.5) is 10.1 Å². The number of methoxy groups -OCH3 is 1. The summed E-state index contributed by atoms with van der Waals surface area (Å²) in [5, 5.41) is 3.35. The highest BCUT2D eigenvalue weighted by atomic mass is 35.5. The lowest BCUT2D eigenvalue weighted by Crippen LogP contribution is -2.08. The molecule has 0 saturated carbocycles. The molecule has 19 heavy (non-hydrogen) atoms. The molecule has 1 N–H and O–H groups in total. The first-order valence-electron chi connectivity index (χ1n) is 5.82. The van der Waals surface area contributed by atoms with Crippen molar-refractivity contribution in [2.45, 2.75) is 13.0 Å². The summed E-state index contributed by atoms with van der Waals surface area (Å²) in [6, 6.07) is 8.32. The number of hydrogen-bond donors (Lipinski definition) is 1. The van der Waals surface area contributed by atoms with Crippen molar-refractivity contribution in [3.05, 3.63) is 52.9 Å². The molecule has 0 aliphatic carbocycles. The second-order valence-corrected chi connectivity index (χ2v) is 4.51. The van der Waals surface area contributed by atoms with E-state index in [1.807, 2.05) is 13.0 Å². The van der Waals surface area contributed by atoms with Crippen LogP contribution in [-0.2, 0) is 0 Å². The molecule has 0 saturated heterocycles. The number of nitrogens with zero attached hydrogens (tertiary/aromatic N) is 1. The highest BCUT2D eigenvalue weighted by molar-refractivity contribution is 6.30. The molecular formula is C14H14ClFN2O. The van der Waals surface area contributed by atoms with Crippen LogP contribution in [0.2, 0.25) is 5.02 Å². The Morgan fingerprint density at radius 3 is 2.84 bits per heavy atom. The zero-order valence-electron chi connectivity index (χ0n) is 10.7. The normalized spacial score (nSPS) is 12.0. The number of anilines is 1. The fraction of sp³-hybridized carbons (Fsp3) is 0.214. The number of nitrogens with one attached hydrogen (secondary N) is 1. The fourth-order valence-electron chi connectivity index (χ4n) is 1.76. The second kappa shape index (κ2) is 5.89. The number of halogens is 2. The molecule has 1 unspecified atom stereocenters. The van der Waals surface area contributed by atoms with E-state index in [0.717, 1.165) is 11.3 Å². The first-order valence-corrected chi connectivity index (χ1v) is 6.20. The Morgan fingerprint density at radius 2 is 2.16 bits per heavy atom. The number of hydrogen-bond acceptors (Lipinski definition) is 3. The van der Waals surface area contributed by atoms with Crippen LogP contribution >= 0.6 is 11.6 Å². The first kappa shape index (κ1) is 13.6. The van der Waals surface area contributed by atoms with Crippen LogP contribution in [0.1, 0.15) is 18.5 Å². The molecule has 1 aromatic carbocycles. The second-order valence-electron chi connectivity index (χ2n) is 4.10. The molecule has 0 fully saturated rings. The highest BCUT2D eigenvalue weighted by Crippen LogP contribution is 2.27. The monoisotopic (exact) mass is 280 g/mol. The fourth-order valence-corrected chi connectivity index (χ4v) is 1.88. The summed E-state index contributed by atoms with van der Waals surface area (Å²) in [6.45, 7) is 1.93. The average Bonchev–Trinajstić information content (AvgIpc) is 2.42. The summed E-state index contributed by atoms with van der Waals surface area (Å²) in [5.74, 6) is 0.0785. The minimum absolute atomic E-state index is 0.0927. The summed E-state index contributed by atoms with van der Waals surface area (Å²) in [7, 11) is 1.56. The van der Waals surface area contributed by atoms with Crippen molar-refractivity contribution in [1.29, 1.82) is 0 Å². The summed E-state index contributed by atoms with van der Waals surface area (Å²) in [6.07, 6.45) is 1.65. The lowest BCUT2D eigenvalue weighted by molar-refractivity contribution is 0.399. The van der Waals surface area contributed by atoms with Crippen LogP contribution in [-0.4, -0.2) is 12.1 Å². The minimum atomic E-state index is -0.425. The Morgan fingerprint density at radius 1 is 1.37 bits per heavy atom. The van der Waals surface area contributed by atoms with Crippen LogP contribution in [0.15, 0.2) is 36.5 Å². The van der Waals surface area contributed by atoms with Gasteiger partial charge >= 0.3 is 0 Å². The van der Waals surface area contributed by atoms with E-state index < -0.39 is 5.82 Å². The molecule has 2 rings (SSSR count). The van der Waals surface area contributed by atoms with Gasteiger partial charge in [-0.1, -0.05) is 17.7 Å². The van der Waals surface area contributed by atoms with Crippen LogP contribution in [0, 0.1) is 5.82 Å². The smallest absolute Gasteiger partial charge is 0.237 e.